The van der Waals surface area contributed by atoms with E-state index in [1.165, 1.54) is 47.6 Å². The maximum Gasteiger partial charge on any atom is -0.0181 e. The van der Waals surface area contributed by atoms with Crippen molar-refractivity contribution in [2.45, 2.75) is 45.4 Å². The highest BCUT2D eigenvalue weighted by molar-refractivity contribution is 5.82. The molecule has 24 heavy (non-hydrogen) atoms. The molecule has 0 heteroatoms. The number of rotatable bonds is 3. The quantitative estimate of drug-likeness (QED) is 0.509. The van der Waals surface area contributed by atoms with Crippen LogP contribution in [0.1, 0.15) is 42.0 Å². The van der Waals surface area contributed by atoms with E-state index in [-0.39, 0.29) is 0 Å². The maximum atomic E-state index is 2.48. The Morgan fingerprint density at radius 1 is 0.708 bits per heavy atom. The van der Waals surface area contributed by atoms with Crippen LogP contribution in [0.2, 0.25) is 0 Å². The molecule has 1 aliphatic rings. The third-order valence-electron chi connectivity index (χ3n) is 5.60. The molecule has 4 rings (SSSR count). The molecule has 1 atom stereocenters. The van der Waals surface area contributed by atoms with Crippen LogP contribution in [0.25, 0.3) is 10.8 Å². The van der Waals surface area contributed by atoms with Gasteiger partial charge in [0.2, 0.25) is 0 Å². The van der Waals surface area contributed by atoms with Crippen LogP contribution in [0, 0.1) is 5.92 Å². The van der Waals surface area contributed by atoms with Crippen molar-refractivity contribution in [2.75, 3.05) is 0 Å². The molecular formula is C24H26. The lowest BCUT2D eigenvalue weighted by Gasteiger charge is -2.09. The number of hydrogen-bond acceptors (Lipinski definition) is 0. The molecule has 0 spiro atoms. The van der Waals surface area contributed by atoms with Crippen LogP contribution in [0.15, 0.2) is 60.7 Å². The first-order chi connectivity index (χ1) is 11.8. The Kier molecular flexibility index (Phi) is 4.38. The van der Waals surface area contributed by atoms with Crippen molar-refractivity contribution in [1.82, 2.24) is 0 Å². The van der Waals surface area contributed by atoms with Crippen molar-refractivity contribution in [3.8, 4) is 0 Å². The third-order valence-corrected chi connectivity index (χ3v) is 5.60. The first kappa shape index (κ1) is 15.4. The minimum Gasteiger partial charge on any atom is -0.0625 e. The smallest absolute Gasteiger partial charge is 0.0181 e. The highest BCUT2D eigenvalue weighted by Gasteiger charge is 2.13. The second-order valence-electron chi connectivity index (χ2n) is 7.47. The van der Waals surface area contributed by atoms with E-state index in [0.29, 0.717) is 0 Å². The summed E-state index contributed by atoms with van der Waals surface area (Å²) in [6, 6.07) is 22.7. The Balaban J connectivity index is 1.49. The van der Waals surface area contributed by atoms with Gasteiger partial charge in [-0.1, -0.05) is 67.6 Å². The summed E-state index contributed by atoms with van der Waals surface area (Å²) in [5.74, 6) is 0.874. The Hall–Kier alpha value is -2.08. The van der Waals surface area contributed by atoms with Crippen molar-refractivity contribution in [1.29, 1.82) is 0 Å². The highest BCUT2D eigenvalue weighted by atomic mass is 14.2. The SMILES string of the molecule is CC1CCc2ccc(CCc3ccc4ccccc4c3)cc2CC1. The van der Waals surface area contributed by atoms with Gasteiger partial charge in [-0.05, 0) is 77.5 Å². The molecule has 0 N–H and O–H groups in total. The molecule has 122 valence electrons. The first-order valence-corrected chi connectivity index (χ1v) is 9.36. The fourth-order valence-corrected chi connectivity index (χ4v) is 3.94. The molecular weight excluding hydrogens is 288 g/mol. The minimum absolute atomic E-state index is 0.874. The van der Waals surface area contributed by atoms with Crippen LogP contribution in [0.3, 0.4) is 0 Å². The topological polar surface area (TPSA) is 0 Å². The minimum atomic E-state index is 0.874. The molecule has 0 fully saturated rings. The summed E-state index contributed by atoms with van der Waals surface area (Å²) in [5, 5.41) is 2.69. The van der Waals surface area contributed by atoms with E-state index in [0.717, 1.165) is 18.8 Å². The lowest BCUT2D eigenvalue weighted by molar-refractivity contribution is 0.510. The van der Waals surface area contributed by atoms with E-state index >= 15 is 0 Å². The standard InChI is InChI=1S/C24H26/c1-18-6-12-22-15-11-20(17-24(22)13-7-18)9-8-19-10-14-21-4-2-3-5-23(21)16-19/h2-5,10-11,14-18H,6-9,12-13H2,1H3. The lowest BCUT2D eigenvalue weighted by Crippen LogP contribution is -1.96. The van der Waals surface area contributed by atoms with Gasteiger partial charge >= 0.3 is 0 Å². The van der Waals surface area contributed by atoms with Crippen LogP contribution < -0.4 is 0 Å². The van der Waals surface area contributed by atoms with Crippen LogP contribution in [0.4, 0.5) is 0 Å². The van der Waals surface area contributed by atoms with Gasteiger partial charge < -0.3 is 0 Å². The average molecular weight is 314 g/mol. The molecule has 0 nitrogen and oxygen atoms in total. The number of benzene rings is 3. The normalized spacial score (nSPS) is 17.5. The van der Waals surface area contributed by atoms with E-state index < -0.39 is 0 Å². The van der Waals surface area contributed by atoms with Gasteiger partial charge in [-0.25, -0.2) is 0 Å². The van der Waals surface area contributed by atoms with Gasteiger partial charge in [0.05, 0.1) is 0 Å². The zero-order valence-electron chi connectivity index (χ0n) is 14.6. The zero-order chi connectivity index (χ0) is 16.4. The Labute approximate surface area is 145 Å². The second kappa shape index (κ2) is 6.81. The fraction of sp³-hybridized carbons (Fsp3) is 0.333. The molecule has 1 aliphatic carbocycles. The molecule has 0 bridgehead atoms. The summed E-state index contributed by atoms with van der Waals surface area (Å²) >= 11 is 0. The average Bonchev–Trinajstić information content (AvgIpc) is 2.81. The molecule has 0 radical (unpaired) electrons. The summed E-state index contributed by atoms with van der Waals surface area (Å²) in [4.78, 5) is 0. The molecule has 0 aliphatic heterocycles. The fourth-order valence-electron chi connectivity index (χ4n) is 3.94. The van der Waals surface area contributed by atoms with Crippen LogP contribution in [-0.2, 0) is 25.7 Å². The largest absolute Gasteiger partial charge is 0.0625 e. The molecule has 0 saturated heterocycles. The van der Waals surface area contributed by atoms with Gasteiger partial charge in [-0.2, -0.15) is 0 Å². The van der Waals surface area contributed by atoms with E-state index in [2.05, 4.69) is 67.6 Å². The van der Waals surface area contributed by atoms with Crippen molar-refractivity contribution in [2.24, 2.45) is 5.92 Å². The van der Waals surface area contributed by atoms with Gasteiger partial charge in [0.1, 0.15) is 0 Å². The Bertz CT molecular complexity index is 844. The molecule has 0 saturated carbocycles. The summed E-state index contributed by atoms with van der Waals surface area (Å²) in [7, 11) is 0. The molecule has 3 aromatic carbocycles. The first-order valence-electron chi connectivity index (χ1n) is 9.36. The van der Waals surface area contributed by atoms with Crippen molar-refractivity contribution in [3.05, 3.63) is 82.9 Å². The van der Waals surface area contributed by atoms with E-state index in [9.17, 15) is 0 Å². The Morgan fingerprint density at radius 2 is 1.38 bits per heavy atom. The van der Waals surface area contributed by atoms with E-state index in [4.69, 9.17) is 0 Å². The third kappa shape index (κ3) is 3.38. The van der Waals surface area contributed by atoms with Crippen LogP contribution in [0.5, 0.6) is 0 Å². The Morgan fingerprint density at radius 3 is 2.21 bits per heavy atom. The summed E-state index contributed by atoms with van der Waals surface area (Å²) in [6.07, 6.45) is 7.49. The summed E-state index contributed by atoms with van der Waals surface area (Å²) in [5.41, 5.74) is 6.14. The van der Waals surface area contributed by atoms with Gasteiger partial charge in [-0.3, -0.25) is 0 Å². The monoisotopic (exact) mass is 314 g/mol. The van der Waals surface area contributed by atoms with E-state index in [1.54, 1.807) is 11.1 Å². The lowest BCUT2D eigenvalue weighted by atomic mass is 9.96. The van der Waals surface area contributed by atoms with E-state index in [1.807, 2.05) is 0 Å². The van der Waals surface area contributed by atoms with Crippen LogP contribution in [-0.4, -0.2) is 0 Å². The molecule has 0 amide bonds. The highest BCUT2D eigenvalue weighted by Crippen LogP contribution is 2.25. The van der Waals surface area contributed by atoms with Crippen molar-refractivity contribution < 1.29 is 0 Å². The van der Waals surface area contributed by atoms with Gasteiger partial charge in [0.15, 0.2) is 0 Å². The van der Waals surface area contributed by atoms with Gasteiger partial charge in [0.25, 0.3) is 0 Å². The number of aryl methyl sites for hydroxylation is 4. The van der Waals surface area contributed by atoms with Crippen LogP contribution >= 0.6 is 0 Å². The van der Waals surface area contributed by atoms with Gasteiger partial charge in [-0.15, -0.1) is 0 Å². The zero-order valence-corrected chi connectivity index (χ0v) is 14.6. The molecule has 3 aromatic rings. The number of hydrogen-bond donors (Lipinski definition) is 0. The molecule has 0 aromatic heterocycles. The second-order valence-corrected chi connectivity index (χ2v) is 7.47. The maximum absolute atomic E-state index is 2.48. The van der Waals surface area contributed by atoms with Crippen molar-refractivity contribution >= 4 is 10.8 Å². The molecule has 1 unspecified atom stereocenters. The van der Waals surface area contributed by atoms with Gasteiger partial charge in [0, 0.05) is 0 Å². The number of fused-ring (bicyclic) bond motifs is 2. The summed E-state index contributed by atoms with van der Waals surface area (Å²) < 4.78 is 0. The predicted molar refractivity (Wildman–Crippen MR) is 104 cm³/mol. The van der Waals surface area contributed by atoms with Crippen molar-refractivity contribution in [3.63, 3.8) is 0 Å². The predicted octanol–water partition coefficient (Wildman–Crippen LogP) is 6.14. The molecule has 0 heterocycles. The summed E-state index contributed by atoms with van der Waals surface area (Å²) in [6.45, 7) is 2.40.